The first-order valence-electron chi connectivity index (χ1n) is 26.8. The highest BCUT2D eigenvalue weighted by molar-refractivity contribution is 7.47. The summed E-state index contributed by atoms with van der Waals surface area (Å²) in [5.74, 6) is -0.855. The summed E-state index contributed by atoms with van der Waals surface area (Å²) in [6.07, 6.45) is 56.6. The molecule has 0 aromatic heterocycles. The molecule has 3 N–H and O–H groups in total. The van der Waals surface area contributed by atoms with Crippen LogP contribution in [0.4, 0.5) is 0 Å². The van der Waals surface area contributed by atoms with E-state index in [4.69, 9.17) is 24.3 Å². The first kappa shape index (κ1) is 61.5. The Morgan fingerprint density at radius 2 is 0.794 bits per heavy atom. The number of phosphoric ester groups is 1. The van der Waals surface area contributed by atoms with E-state index < -0.39 is 32.5 Å². The van der Waals surface area contributed by atoms with Gasteiger partial charge in [-0.3, -0.25) is 18.6 Å². The molecule has 0 radical (unpaired) electrons. The Balaban J connectivity index is 4.02. The third-order valence-electron chi connectivity index (χ3n) is 11.8. The average Bonchev–Trinajstić information content (AvgIpc) is 3.27. The molecule has 10 heteroatoms. The lowest BCUT2D eigenvalue weighted by Gasteiger charge is -2.19. The SMILES string of the molecule is CCCCCCCC/C=C/CCCCCCCCCCCC(=O)O[C@H](COC(=O)CCC/C=C/CCCCCCCCCCCCCCCCCCCC)COP(=O)(O)OCCN. The van der Waals surface area contributed by atoms with E-state index in [-0.39, 0.29) is 32.6 Å². The summed E-state index contributed by atoms with van der Waals surface area (Å²) in [7, 11) is -4.39. The summed E-state index contributed by atoms with van der Waals surface area (Å²) in [6.45, 7) is 3.75. The number of allylic oxidation sites excluding steroid dienone is 4. The lowest BCUT2D eigenvalue weighted by atomic mass is 10.0. The number of ether oxygens (including phenoxy) is 2. The summed E-state index contributed by atoms with van der Waals surface area (Å²) in [6, 6.07) is 0. The van der Waals surface area contributed by atoms with Gasteiger partial charge in [0.1, 0.15) is 6.61 Å². The van der Waals surface area contributed by atoms with Crippen molar-refractivity contribution < 1.29 is 37.6 Å². The van der Waals surface area contributed by atoms with Crippen molar-refractivity contribution in [2.24, 2.45) is 5.73 Å². The second-order valence-electron chi connectivity index (χ2n) is 18.1. The number of rotatable bonds is 51. The number of phosphoric acid groups is 1. The van der Waals surface area contributed by atoms with Crippen LogP contribution in [0.1, 0.15) is 271 Å². The van der Waals surface area contributed by atoms with Gasteiger partial charge in [0.2, 0.25) is 0 Å². The molecule has 372 valence electrons. The van der Waals surface area contributed by atoms with Gasteiger partial charge in [0.05, 0.1) is 13.2 Å². The van der Waals surface area contributed by atoms with Crippen LogP contribution in [-0.4, -0.2) is 49.3 Å². The minimum Gasteiger partial charge on any atom is -0.462 e. The second kappa shape index (κ2) is 49.9. The van der Waals surface area contributed by atoms with Crippen molar-refractivity contribution in [1.29, 1.82) is 0 Å². The molecule has 9 nitrogen and oxygen atoms in total. The number of hydrogen-bond donors (Lipinski definition) is 2. The first-order valence-corrected chi connectivity index (χ1v) is 28.3. The van der Waals surface area contributed by atoms with Crippen molar-refractivity contribution in [3.05, 3.63) is 24.3 Å². The number of carbonyl (C=O) groups excluding carboxylic acids is 2. The fraction of sp³-hybridized carbons (Fsp3) is 0.887. The van der Waals surface area contributed by atoms with E-state index in [1.165, 1.54) is 199 Å². The smallest absolute Gasteiger partial charge is 0.462 e. The molecule has 0 aromatic carbocycles. The van der Waals surface area contributed by atoms with E-state index in [2.05, 4.69) is 38.2 Å². The third-order valence-corrected chi connectivity index (χ3v) is 12.8. The van der Waals surface area contributed by atoms with Crippen LogP contribution in [0.2, 0.25) is 0 Å². The monoisotopic (exact) mass is 912 g/mol. The van der Waals surface area contributed by atoms with Crippen LogP contribution in [0.5, 0.6) is 0 Å². The third kappa shape index (κ3) is 49.8. The molecule has 0 bridgehead atoms. The van der Waals surface area contributed by atoms with Crippen molar-refractivity contribution in [3.63, 3.8) is 0 Å². The number of carbonyl (C=O) groups is 2. The highest BCUT2D eigenvalue weighted by Gasteiger charge is 2.26. The molecule has 0 aliphatic carbocycles. The molecule has 0 aliphatic rings. The molecular weight excluding hydrogens is 810 g/mol. The van der Waals surface area contributed by atoms with Crippen molar-refractivity contribution in [1.82, 2.24) is 0 Å². The molecule has 0 spiro atoms. The van der Waals surface area contributed by atoms with Gasteiger partial charge in [0.25, 0.3) is 0 Å². The summed E-state index contributed by atoms with van der Waals surface area (Å²) >= 11 is 0. The lowest BCUT2D eigenvalue weighted by Crippen LogP contribution is -2.29. The fourth-order valence-corrected chi connectivity index (χ4v) is 8.58. The zero-order valence-electron chi connectivity index (χ0n) is 41.3. The number of hydrogen-bond acceptors (Lipinski definition) is 8. The fourth-order valence-electron chi connectivity index (χ4n) is 7.81. The molecule has 2 atom stereocenters. The van der Waals surface area contributed by atoms with Crippen LogP contribution in [0.15, 0.2) is 24.3 Å². The van der Waals surface area contributed by atoms with E-state index in [0.29, 0.717) is 12.8 Å². The molecule has 0 saturated carbocycles. The minimum absolute atomic E-state index is 0.0516. The van der Waals surface area contributed by atoms with Gasteiger partial charge in [-0.25, -0.2) is 4.57 Å². The van der Waals surface area contributed by atoms with Crippen LogP contribution in [-0.2, 0) is 32.7 Å². The number of esters is 2. The van der Waals surface area contributed by atoms with Gasteiger partial charge in [-0.2, -0.15) is 0 Å². The average molecular weight is 912 g/mol. The van der Waals surface area contributed by atoms with Gasteiger partial charge in [0, 0.05) is 19.4 Å². The maximum atomic E-state index is 12.7. The second-order valence-corrected chi connectivity index (χ2v) is 19.5. The Kier molecular flexibility index (Phi) is 48.7. The van der Waals surface area contributed by atoms with Crippen molar-refractivity contribution in [3.8, 4) is 0 Å². The highest BCUT2D eigenvalue weighted by atomic mass is 31.2. The van der Waals surface area contributed by atoms with Crippen molar-refractivity contribution in [2.45, 2.75) is 277 Å². The van der Waals surface area contributed by atoms with Crippen molar-refractivity contribution in [2.75, 3.05) is 26.4 Å². The van der Waals surface area contributed by atoms with E-state index in [1.807, 2.05) is 0 Å². The van der Waals surface area contributed by atoms with Crippen LogP contribution >= 0.6 is 7.82 Å². The Labute approximate surface area is 389 Å². The molecule has 0 aliphatic heterocycles. The van der Waals surface area contributed by atoms with Gasteiger partial charge < -0.3 is 20.1 Å². The van der Waals surface area contributed by atoms with Crippen LogP contribution in [0.25, 0.3) is 0 Å². The van der Waals surface area contributed by atoms with Gasteiger partial charge >= 0.3 is 19.8 Å². The maximum Gasteiger partial charge on any atom is 0.472 e. The summed E-state index contributed by atoms with van der Waals surface area (Å²) in [5, 5.41) is 0. The van der Waals surface area contributed by atoms with Crippen LogP contribution in [0.3, 0.4) is 0 Å². The van der Waals surface area contributed by atoms with Gasteiger partial charge in [0.15, 0.2) is 6.10 Å². The normalized spacial score (nSPS) is 13.3. The number of nitrogens with two attached hydrogens (primary N) is 1. The standard InChI is InChI=1S/C53H102NO8P/c1-3-5-7-9-11-13-15-17-19-21-23-24-25-26-28-29-31-33-35-37-39-41-43-45-52(55)59-49-51(50-61-63(57,58)60-48-47-54)62-53(56)46-44-42-40-38-36-34-32-30-27-22-20-18-16-14-12-10-8-6-4-2/h18,20,37,39,51H,3-17,19,21-36,38,40-50,54H2,1-2H3,(H,57,58)/b20-18+,39-37+/t51-/m1/s1. The Morgan fingerprint density at radius 3 is 1.17 bits per heavy atom. The number of unbranched alkanes of at least 4 members (excludes halogenated alkanes) is 34. The van der Waals surface area contributed by atoms with Crippen molar-refractivity contribution >= 4 is 19.8 Å². The molecule has 63 heavy (non-hydrogen) atoms. The maximum absolute atomic E-state index is 12.7. The Bertz CT molecular complexity index is 1090. The van der Waals surface area contributed by atoms with E-state index in [1.54, 1.807) is 0 Å². The van der Waals surface area contributed by atoms with Gasteiger partial charge in [-0.1, -0.05) is 224 Å². The molecule has 0 heterocycles. The Morgan fingerprint density at radius 1 is 0.460 bits per heavy atom. The molecule has 1 unspecified atom stereocenters. The van der Waals surface area contributed by atoms with E-state index in [0.717, 1.165) is 32.1 Å². The zero-order valence-corrected chi connectivity index (χ0v) is 42.2. The minimum atomic E-state index is -4.39. The first-order chi connectivity index (χ1) is 30.8. The van der Waals surface area contributed by atoms with E-state index in [9.17, 15) is 19.0 Å². The Hall–Kier alpha value is -1.51. The molecule has 0 saturated heterocycles. The predicted molar refractivity (Wildman–Crippen MR) is 266 cm³/mol. The molecule has 0 fully saturated rings. The predicted octanol–water partition coefficient (Wildman–Crippen LogP) is 16.3. The zero-order chi connectivity index (χ0) is 46.0. The van der Waals surface area contributed by atoms with E-state index >= 15 is 0 Å². The van der Waals surface area contributed by atoms with Crippen LogP contribution in [0, 0.1) is 0 Å². The molecule has 0 rings (SSSR count). The molecular formula is C53H102NO8P. The lowest BCUT2D eigenvalue weighted by molar-refractivity contribution is -0.161. The highest BCUT2D eigenvalue weighted by Crippen LogP contribution is 2.43. The summed E-state index contributed by atoms with van der Waals surface area (Å²) < 4.78 is 32.9. The summed E-state index contributed by atoms with van der Waals surface area (Å²) in [4.78, 5) is 35.1. The summed E-state index contributed by atoms with van der Waals surface area (Å²) in [5.41, 5.74) is 5.37. The topological polar surface area (TPSA) is 134 Å². The van der Waals surface area contributed by atoms with Gasteiger partial charge in [-0.15, -0.1) is 0 Å². The van der Waals surface area contributed by atoms with Gasteiger partial charge in [-0.05, 0) is 57.8 Å². The largest absolute Gasteiger partial charge is 0.472 e. The molecule has 0 amide bonds. The quantitative estimate of drug-likeness (QED) is 0.0265. The van der Waals surface area contributed by atoms with Crippen LogP contribution < -0.4 is 5.73 Å². The molecule has 0 aromatic rings.